The Morgan fingerprint density at radius 3 is 2.65 bits per heavy atom. The molecule has 1 aliphatic heterocycles. The predicted octanol–water partition coefficient (Wildman–Crippen LogP) is 1.84. The van der Waals surface area contributed by atoms with E-state index in [1.54, 1.807) is 6.41 Å². The first kappa shape index (κ1) is 14.6. The summed E-state index contributed by atoms with van der Waals surface area (Å²) >= 11 is 0. The van der Waals surface area contributed by atoms with Crippen LogP contribution in [0.2, 0.25) is 0 Å². The van der Waals surface area contributed by atoms with Gasteiger partial charge in [0.05, 0.1) is 0 Å². The van der Waals surface area contributed by atoms with Gasteiger partial charge in [-0.25, -0.2) is 0 Å². The van der Waals surface area contributed by atoms with Gasteiger partial charge < -0.3 is 10.2 Å². The van der Waals surface area contributed by atoms with Gasteiger partial charge in [-0.05, 0) is 49.8 Å². The molecule has 107 valence electrons. The maximum atomic E-state index is 12.4. The van der Waals surface area contributed by atoms with Crippen molar-refractivity contribution in [3.63, 3.8) is 0 Å². The second kappa shape index (κ2) is 6.55. The van der Waals surface area contributed by atoms with Gasteiger partial charge in [-0.1, -0.05) is 18.2 Å². The molecule has 20 heavy (non-hydrogen) atoms. The maximum Gasteiger partial charge on any atom is 0.309 e. The van der Waals surface area contributed by atoms with Gasteiger partial charge in [0.15, 0.2) is 0 Å². The minimum atomic E-state index is -0.417. The van der Waals surface area contributed by atoms with Crippen LogP contribution in [0.5, 0.6) is 0 Å². The van der Waals surface area contributed by atoms with E-state index in [2.05, 4.69) is 31.3 Å². The maximum absolute atomic E-state index is 12.4. The van der Waals surface area contributed by atoms with Crippen LogP contribution in [0.25, 0.3) is 0 Å². The zero-order valence-corrected chi connectivity index (χ0v) is 12.1. The summed E-state index contributed by atoms with van der Waals surface area (Å²) in [5.74, 6) is 0.00787. The number of hydrogen-bond acceptors (Lipinski definition) is 2. The van der Waals surface area contributed by atoms with Gasteiger partial charge in [-0.3, -0.25) is 9.59 Å². The highest BCUT2D eigenvalue weighted by Gasteiger charge is 2.27. The van der Waals surface area contributed by atoms with Crippen molar-refractivity contribution in [1.82, 2.24) is 10.2 Å². The van der Waals surface area contributed by atoms with Gasteiger partial charge in [0, 0.05) is 13.1 Å². The van der Waals surface area contributed by atoms with Crippen molar-refractivity contribution in [3.05, 3.63) is 34.9 Å². The molecule has 0 spiro atoms. The fourth-order valence-electron chi connectivity index (χ4n) is 2.76. The van der Waals surface area contributed by atoms with Crippen molar-refractivity contribution in [2.75, 3.05) is 6.54 Å². The Bertz CT molecular complexity index is 479. The number of rotatable bonds is 4. The summed E-state index contributed by atoms with van der Waals surface area (Å²) in [5, 5.41) is 2.52. The van der Waals surface area contributed by atoms with Gasteiger partial charge in [-0.2, -0.15) is 0 Å². The lowest BCUT2D eigenvalue weighted by molar-refractivity contribution is -0.133. The van der Waals surface area contributed by atoms with E-state index >= 15 is 0 Å². The summed E-state index contributed by atoms with van der Waals surface area (Å²) in [6.07, 6.45) is 4.29. The molecule has 0 bridgehead atoms. The fourth-order valence-corrected chi connectivity index (χ4v) is 2.76. The third-order valence-corrected chi connectivity index (χ3v) is 4.01. The Labute approximate surface area is 120 Å². The lowest BCUT2D eigenvalue weighted by Gasteiger charge is -2.25. The van der Waals surface area contributed by atoms with Crippen LogP contribution in [0.1, 0.15) is 36.0 Å². The molecule has 0 unspecified atom stereocenters. The average molecular weight is 273 g/mol. The van der Waals surface area contributed by atoms with Gasteiger partial charge in [0.25, 0.3) is 0 Å². The van der Waals surface area contributed by atoms with E-state index in [0.717, 1.165) is 19.4 Å². The Morgan fingerprint density at radius 1 is 1.30 bits per heavy atom. The topological polar surface area (TPSA) is 49.4 Å². The van der Waals surface area contributed by atoms with Crippen LogP contribution >= 0.6 is 0 Å². The van der Waals surface area contributed by atoms with Crippen LogP contribution < -0.4 is 5.32 Å². The van der Waals surface area contributed by atoms with Crippen molar-refractivity contribution in [1.29, 1.82) is 0 Å². The molecule has 0 aliphatic carbocycles. The minimum absolute atomic E-state index is 0.00787. The molecule has 1 heterocycles. The van der Waals surface area contributed by atoms with Gasteiger partial charge in [0.2, 0.25) is 5.91 Å². The number of likely N-dealkylation sites (tertiary alicyclic amines) is 1. The van der Waals surface area contributed by atoms with E-state index in [1.807, 2.05) is 11.0 Å². The number of aryl methyl sites for hydroxylation is 2. The molecule has 1 fully saturated rings. The van der Waals surface area contributed by atoms with Crippen molar-refractivity contribution in [2.24, 2.45) is 0 Å². The van der Waals surface area contributed by atoms with Crippen LogP contribution in [0.15, 0.2) is 18.2 Å². The number of nitrogens with one attached hydrogen (secondary N) is 1. The number of amides is 2. The van der Waals surface area contributed by atoms with Gasteiger partial charge >= 0.3 is 6.41 Å². The van der Waals surface area contributed by atoms with E-state index in [9.17, 15) is 9.59 Å². The van der Waals surface area contributed by atoms with E-state index in [0.29, 0.717) is 13.0 Å². The predicted molar refractivity (Wildman–Crippen MR) is 77.8 cm³/mol. The first-order chi connectivity index (χ1) is 9.63. The summed E-state index contributed by atoms with van der Waals surface area (Å²) < 4.78 is 0. The average Bonchev–Trinajstić information content (AvgIpc) is 2.59. The van der Waals surface area contributed by atoms with Crippen molar-refractivity contribution < 1.29 is 9.59 Å². The number of benzene rings is 1. The van der Waals surface area contributed by atoms with Crippen molar-refractivity contribution in [2.45, 2.75) is 45.7 Å². The van der Waals surface area contributed by atoms with E-state index in [4.69, 9.17) is 0 Å². The van der Waals surface area contributed by atoms with Crippen LogP contribution in [0, 0.1) is 13.8 Å². The van der Waals surface area contributed by atoms with Crippen LogP contribution in [0.3, 0.4) is 0 Å². The standard InChI is InChI=1S/C16H21N2O2/c1-12-6-5-7-13(2)14(12)10-18-9-4-3-8-15(16(18)20)17-11-19/h5-7,15H,3-4,8-10H2,1-2H3,(H,17,19)/t15-/m0/s1. The van der Waals surface area contributed by atoms with E-state index in [1.165, 1.54) is 16.7 Å². The number of carbonyl (C=O) groups is 1. The highest BCUT2D eigenvalue weighted by Crippen LogP contribution is 2.19. The number of carbonyl (C=O) groups excluding carboxylic acids is 2. The van der Waals surface area contributed by atoms with E-state index in [-0.39, 0.29) is 5.91 Å². The summed E-state index contributed by atoms with van der Waals surface area (Å²) in [4.78, 5) is 24.8. The quantitative estimate of drug-likeness (QED) is 0.851. The Morgan fingerprint density at radius 2 is 2.00 bits per heavy atom. The SMILES string of the molecule is Cc1cccc(C)c1CN1CCCC[C@H](N[C]=O)C1=O. The first-order valence-corrected chi connectivity index (χ1v) is 7.10. The third kappa shape index (κ3) is 3.18. The summed E-state index contributed by atoms with van der Waals surface area (Å²) in [6, 6.07) is 5.75. The zero-order chi connectivity index (χ0) is 14.5. The summed E-state index contributed by atoms with van der Waals surface area (Å²) in [7, 11) is 0. The molecule has 0 aromatic heterocycles. The molecule has 1 aromatic carbocycles. The second-order valence-electron chi connectivity index (χ2n) is 5.42. The van der Waals surface area contributed by atoms with Crippen LogP contribution in [0.4, 0.5) is 0 Å². The minimum Gasteiger partial charge on any atom is -0.337 e. The van der Waals surface area contributed by atoms with Crippen LogP contribution in [-0.4, -0.2) is 29.8 Å². The van der Waals surface area contributed by atoms with Gasteiger partial charge in [0.1, 0.15) is 6.04 Å². The Kier molecular flexibility index (Phi) is 4.77. The second-order valence-corrected chi connectivity index (χ2v) is 5.42. The highest BCUT2D eigenvalue weighted by molar-refractivity contribution is 5.84. The molecule has 1 aliphatic rings. The first-order valence-electron chi connectivity index (χ1n) is 7.10. The van der Waals surface area contributed by atoms with E-state index < -0.39 is 6.04 Å². The number of hydrogen-bond donors (Lipinski definition) is 1. The Balaban J connectivity index is 2.18. The lowest BCUT2D eigenvalue weighted by atomic mass is 10.0. The molecule has 1 N–H and O–H groups in total. The molecule has 4 heteroatoms. The van der Waals surface area contributed by atoms with Gasteiger partial charge in [-0.15, -0.1) is 0 Å². The normalized spacial score (nSPS) is 19.6. The molecular weight excluding hydrogens is 252 g/mol. The highest BCUT2D eigenvalue weighted by atomic mass is 16.2. The molecule has 1 aromatic rings. The zero-order valence-electron chi connectivity index (χ0n) is 12.1. The van der Waals surface area contributed by atoms with Crippen LogP contribution in [-0.2, 0) is 16.1 Å². The smallest absolute Gasteiger partial charge is 0.309 e. The fraction of sp³-hybridized carbons (Fsp3) is 0.500. The molecule has 4 nitrogen and oxygen atoms in total. The third-order valence-electron chi connectivity index (χ3n) is 4.01. The molecule has 2 rings (SSSR count). The molecule has 2 amide bonds. The Hall–Kier alpha value is -1.84. The molecule has 0 saturated carbocycles. The van der Waals surface area contributed by atoms with Crippen molar-refractivity contribution in [3.8, 4) is 0 Å². The molecular formula is C16H21N2O2. The largest absolute Gasteiger partial charge is 0.337 e. The monoisotopic (exact) mass is 273 g/mol. The summed E-state index contributed by atoms with van der Waals surface area (Å²) in [5.41, 5.74) is 3.61. The number of nitrogens with zero attached hydrogens (tertiary/aromatic N) is 1. The summed E-state index contributed by atoms with van der Waals surface area (Å²) in [6.45, 7) is 5.51. The van der Waals surface area contributed by atoms with Crippen molar-refractivity contribution >= 4 is 12.3 Å². The lowest BCUT2D eigenvalue weighted by Crippen LogP contribution is -2.44. The molecule has 1 atom stereocenters. The molecule has 1 radical (unpaired) electrons. The molecule has 1 saturated heterocycles.